The van der Waals surface area contributed by atoms with Gasteiger partial charge in [0.1, 0.15) is 5.60 Å². The van der Waals surface area contributed by atoms with Crippen LogP contribution in [0.25, 0.3) is 0 Å². The molecule has 7 nitrogen and oxygen atoms in total. The summed E-state index contributed by atoms with van der Waals surface area (Å²) < 4.78 is 4.91. The Morgan fingerprint density at radius 1 is 1.33 bits per heavy atom. The Labute approximate surface area is 104 Å². The number of amides is 1. The van der Waals surface area contributed by atoms with Crippen molar-refractivity contribution in [2.24, 2.45) is 0 Å². The number of carbonyl (C=O) groups excluding carboxylic acids is 2. The van der Waals surface area contributed by atoms with Crippen LogP contribution in [0.4, 0.5) is 4.79 Å². The molecule has 0 fully saturated rings. The second kappa shape index (κ2) is 5.97. The van der Waals surface area contributed by atoms with E-state index in [-0.39, 0.29) is 5.56 Å². The molecule has 0 spiro atoms. The number of nitrogens with zero attached hydrogens (tertiary/aromatic N) is 1. The average Bonchev–Trinajstić information content (AvgIpc) is 2.27. The molecule has 0 bridgehead atoms. The fraction of sp³-hybridized carbons (Fsp3) is 0.364. The van der Waals surface area contributed by atoms with Crippen LogP contribution < -0.4 is 11.0 Å². The largest absolute Gasteiger partial charge is 0.443 e. The van der Waals surface area contributed by atoms with Gasteiger partial charge in [0.15, 0.2) is 0 Å². The van der Waals surface area contributed by atoms with Crippen LogP contribution in [-0.2, 0) is 9.57 Å². The maximum absolute atomic E-state index is 11.4. The summed E-state index contributed by atoms with van der Waals surface area (Å²) in [7, 11) is 0. The van der Waals surface area contributed by atoms with E-state index in [0.717, 1.165) is 0 Å². The summed E-state index contributed by atoms with van der Waals surface area (Å²) in [6, 6.07) is 3.13. The number of aromatic nitrogens is 1. The SMILES string of the molecule is CC(C)(C)OC(=O)NNOC(=O)c1cccnc1. The average molecular weight is 253 g/mol. The number of carbonyl (C=O) groups is 2. The van der Waals surface area contributed by atoms with Gasteiger partial charge in [-0.2, -0.15) is 0 Å². The lowest BCUT2D eigenvalue weighted by atomic mass is 10.2. The molecular formula is C11H15N3O4. The lowest BCUT2D eigenvalue weighted by molar-refractivity contribution is 0.00222. The standard InChI is InChI=1S/C11H15N3O4/c1-11(2,3)17-10(16)13-14-18-9(15)8-5-4-6-12-7-8/h4-7,14H,1-3H3,(H,13,16). The summed E-state index contributed by atoms with van der Waals surface area (Å²) in [6.45, 7) is 5.15. The maximum atomic E-state index is 11.4. The van der Waals surface area contributed by atoms with E-state index in [0.29, 0.717) is 0 Å². The number of rotatable bonds is 3. The third-order valence-corrected chi connectivity index (χ3v) is 1.59. The van der Waals surface area contributed by atoms with Gasteiger partial charge in [-0.1, -0.05) is 5.59 Å². The molecule has 0 aliphatic rings. The van der Waals surface area contributed by atoms with E-state index >= 15 is 0 Å². The van der Waals surface area contributed by atoms with Crippen molar-refractivity contribution in [3.05, 3.63) is 30.1 Å². The molecule has 1 amide bonds. The number of hydrazine groups is 1. The van der Waals surface area contributed by atoms with Gasteiger partial charge in [0.2, 0.25) is 0 Å². The van der Waals surface area contributed by atoms with Crippen LogP contribution in [0.15, 0.2) is 24.5 Å². The van der Waals surface area contributed by atoms with Gasteiger partial charge in [-0.25, -0.2) is 15.0 Å². The molecule has 0 radical (unpaired) electrons. The lowest BCUT2D eigenvalue weighted by Crippen LogP contribution is -2.42. The highest BCUT2D eigenvalue weighted by Crippen LogP contribution is 2.05. The molecule has 1 rings (SSSR count). The Morgan fingerprint density at radius 2 is 2.06 bits per heavy atom. The van der Waals surface area contributed by atoms with Gasteiger partial charge < -0.3 is 9.57 Å². The van der Waals surface area contributed by atoms with E-state index in [2.05, 4.69) is 15.2 Å². The number of ether oxygens (including phenoxy) is 1. The van der Waals surface area contributed by atoms with E-state index in [4.69, 9.17) is 4.74 Å². The first-order valence-electron chi connectivity index (χ1n) is 5.24. The fourth-order valence-electron chi connectivity index (χ4n) is 0.960. The Balaban J connectivity index is 2.30. The highest BCUT2D eigenvalue weighted by Gasteiger charge is 2.16. The van der Waals surface area contributed by atoms with Crippen LogP contribution in [0, 0.1) is 0 Å². The van der Waals surface area contributed by atoms with Crippen LogP contribution in [0.5, 0.6) is 0 Å². The Bertz CT molecular complexity index is 414. The van der Waals surface area contributed by atoms with Crippen molar-refractivity contribution in [1.82, 2.24) is 16.0 Å². The van der Waals surface area contributed by atoms with Crippen molar-refractivity contribution < 1.29 is 19.2 Å². The van der Waals surface area contributed by atoms with Crippen LogP contribution in [-0.4, -0.2) is 22.6 Å². The van der Waals surface area contributed by atoms with Crippen LogP contribution in [0.3, 0.4) is 0 Å². The number of pyridine rings is 1. The van der Waals surface area contributed by atoms with Crippen molar-refractivity contribution in [3.8, 4) is 0 Å². The normalized spacial score (nSPS) is 10.6. The number of hydrogen-bond acceptors (Lipinski definition) is 6. The summed E-state index contributed by atoms with van der Waals surface area (Å²) in [5.41, 5.74) is 3.70. The van der Waals surface area contributed by atoms with Crippen molar-refractivity contribution in [3.63, 3.8) is 0 Å². The van der Waals surface area contributed by atoms with Crippen molar-refractivity contribution >= 4 is 12.1 Å². The summed E-state index contributed by atoms with van der Waals surface area (Å²) in [5.74, 6) is -0.667. The van der Waals surface area contributed by atoms with E-state index in [1.807, 2.05) is 5.59 Å². The van der Waals surface area contributed by atoms with Crippen LogP contribution in [0.1, 0.15) is 31.1 Å². The number of nitrogens with one attached hydrogen (secondary N) is 2. The third-order valence-electron chi connectivity index (χ3n) is 1.59. The smallest absolute Gasteiger partial charge is 0.424 e. The molecule has 0 unspecified atom stereocenters. The monoisotopic (exact) mass is 253 g/mol. The Morgan fingerprint density at radius 3 is 2.61 bits per heavy atom. The van der Waals surface area contributed by atoms with E-state index in [9.17, 15) is 9.59 Å². The Hall–Kier alpha value is -2.15. The van der Waals surface area contributed by atoms with Gasteiger partial charge in [-0.05, 0) is 32.9 Å². The molecule has 18 heavy (non-hydrogen) atoms. The van der Waals surface area contributed by atoms with E-state index in [1.165, 1.54) is 18.5 Å². The predicted molar refractivity (Wildman–Crippen MR) is 62.2 cm³/mol. The van der Waals surface area contributed by atoms with Crippen LogP contribution in [0.2, 0.25) is 0 Å². The molecule has 0 aliphatic heterocycles. The predicted octanol–water partition coefficient (Wildman–Crippen LogP) is 1.18. The lowest BCUT2D eigenvalue weighted by Gasteiger charge is -2.19. The van der Waals surface area contributed by atoms with Crippen molar-refractivity contribution in [2.45, 2.75) is 26.4 Å². The third kappa shape index (κ3) is 5.26. The zero-order chi connectivity index (χ0) is 13.6. The van der Waals surface area contributed by atoms with Gasteiger partial charge in [0.25, 0.3) is 0 Å². The second-order valence-corrected chi connectivity index (χ2v) is 4.36. The van der Waals surface area contributed by atoms with Crippen LogP contribution >= 0.6 is 0 Å². The van der Waals surface area contributed by atoms with Crippen molar-refractivity contribution in [2.75, 3.05) is 0 Å². The van der Waals surface area contributed by atoms with Gasteiger partial charge in [0.05, 0.1) is 5.56 Å². The van der Waals surface area contributed by atoms with Gasteiger partial charge >= 0.3 is 12.1 Å². The zero-order valence-corrected chi connectivity index (χ0v) is 10.4. The first-order chi connectivity index (χ1) is 8.38. The molecule has 1 aromatic heterocycles. The first-order valence-corrected chi connectivity index (χ1v) is 5.24. The molecule has 0 saturated heterocycles. The first kappa shape index (κ1) is 13.9. The molecule has 0 aliphatic carbocycles. The number of hydrogen-bond donors (Lipinski definition) is 2. The second-order valence-electron chi connectivity index (χ2n) is 4.36. The molecule has 1 heterocycles. The van der Waals surface area contributed by atoms with Crippen molar-refractivity contribution in [1.29, 1.82) is 0 Å². The zero-order valence-electron chi connectivity index (χ0n) is 10.4. The minimum atomic E-state index is -0.749. The summed E-state index contributed by atoms with van der Waals surface area (Å²) in [5, 5.41) is 0. The molecule has 0 saturated carbocycles. The van der Waals surface area contributed by atoms with Gasteiger partial charge in [0, 0.05) is 12.4 Å². The van der Waals surface area contributed by atoms with Gasteiger partial charge in [-0.3, -0.25) is 4.98 Å². The minimum Gasteiger partial charge on any atom is -0.443 e. The highest BCUT2D eigenvalue weighted by atomic mass is 16.7. The molecular weight excluding hydrogens is 238 g/mol. The fourth-order valence-corrected chi connectivity index (χ4v) is 0.960. The molecule has 7 heteroatoms. The van der Waals surface area contributed by atoms with E-state index in [1.54, 1.807) is 26.8 Å². The topological polar surface area (TPSA) is 89.5 Å². The summed E-state index contributed by atoms with van der Waals surface area (Å²) >= 11 is 0. The quantitative estimate of drug-likeness (QED) is 0.786. The molecule has 0 aromatic carbocycles. The summed E-state index contributed by atoms with van der Waals surface area (Å²) in [4.78, 5) is 30.9. The summed E-state index contributed by atoms with van der Waals surface area (Å²) in [6.07, 6.45) is 2.13. The maximum Gasteiger partial charge on any atom is 0.424 e. The molecule has 2 N–H and O–H groups in total. The highest BCUT2D eigenvalue weighted by molar-refractivity contribution is 5.88. The molecule has 98 valence electrons. The van der Waals surface area contributed by atoms with E-state index < -0.39 is 17.7 Å². The molecule has 0 atom stereocenters. The van der Waals surface area contributed by atoms with Gasteiger partial charge in [-0.15, -0.1) is 0 Å². The molecule has 1 aromatic rings. The Kier molecular flexibility index (Phi) is 4.61. The minimum absolute atomic E-state index is 0.260.